The van der Waals surface area contributed by atoms with E-state index >= 15 is 0 Å². The van der Waals surface area contributed by atoms with E-state index in [-0.39, 0.29) is 24.8 Å². The number of likely N-dealkylation sites (N-methyl/N-ethyl adjacent to an activating group) is 1. The van der Waals surface area contributed by atoms with E-state index in [1.807, 2.05) is 36.4 Å². The predicted molar refractivity (Wildman–Crippen MR) is 106 cm³/mol. The first-order valence-corrected chi connectivity index (χ1v) is 9.48. The second-order valence-electron chi connectivity index (χ2n) is 6.16. The van der Waals surface area contributed by atoms with Crippen LogP contribution in [-0.4, -0.2) is 50.1 Å². The van der Waals surface area contributed by atoms with E-state index in [1.54, 1.807) is 24.1 Å². The van der Waals surface area contributed by atoms with Gasteiger partial charge in [0.05, 0.1) is 25.3 Å². The first kappa shape index (κ1) is 19.2. The highest BCUT2D eigenvalue weighted by atomic mass is 79.9. The van der Waals surface area contributed by atoms with Gasteiger partial charge in [-0.15, -0.1) is 0 Å². The number of hydrogen-bond acceptors (Lipinski definition) is 4. The van der Waals surface area contributed by atoms with Gasteiger partial charge in [0.2, 0.25) is 11.8 Å². The van der Waals surface area contributed by atoms with Gasteiger partial charge in [-0.1, -0.05) is 28.1 Å². The minimum absolute atomic E-state index is 0.0199. The van der Waals surface area contributed by atoms with Crippen molar-refractivity contribution >= 4 is 33.4 Å². The van der Waals surface area contributed by atoms with Gasteiger partial charge in [-0.3, -0.25) is 14.5 Å². The Bertz CT molecular complexity index is 810. The molecule has 0 unspecified atom stereocenters. The molecule has 1 heterocycles. The number of nitrogens with zero attached hydrogens (tertiary/aromatic N) is 2. The summed E-state index contributed by atoms with van der Waals surface area (Å²) in [5, 5.41) is 0. The molecule has 0 radical (unpaired) electrons. The number of benzene rings is 2. The molecule has 6 nitrogen and oxygen atoms in total. The lowest BCUT2D eigenvalue weighted by molar-refractivity contribution is -0.130. The zero-order valence-corrected chi connectivity index (χ0v) is 16.6. The predicted octanol–water partition coefficient (Wildman–Crippen LogP) is 3.10. The van der Waals surface area contributed by atoms with Crippen molar-refractivity contribution in [2.45, 2.75) is 6.42 Å². The van der Waals surface area contributed by atoms with E-state index in [0.29, 0.717) is 31.2 Å². The topological polar surface area (TPSA) is 59.1 Å². The minimum Gasteiger partial charge on any atom is -0.492 e. The van der Waals surface area contributed by atoms with Crippen LogP contribution < -0.4 is 14.4 Å². The van der Waals surface area contributed by atoms with Crippen LogP contribution >= 0.6 is 15.9 Å². The molecule has 0 saturated heterocycles. The van der Waals surface area contributed by atoms with Crippen LogP contribution in [0.15, 0.2) is 53.0 Å². The number of hydrogen-bond donors (Lipinski definition) is 0. The van der Waals surface area contributed by atoms with Gasteiger partial charge in [-0.2, -0.15) is 0 Å². The summed E-state index contributed by atoms with van der Waals surface area (Å²) in [6, 6.07) is 14.8. The molecular formula is C20H21BrN2O4. The molecule has 7 heteroatoms. The van der Waals surface area contributed by atoms with Crippen molar-refractivity contribution in [3.05, 3.63) is 53.0 Å². The molecule has 0 atom stereocenters. The van der Waals surface area contributed by atoms with E-state index in [4.69, 9.17) is 9.47 Å². The number of ether oxygens (including phenoxy) is 2. The van der Waals surface area contributed by atoms with Crippen LogP contribution in [0.2, 0.25) is 0 Å². The Morgan fingerprint density at radius 3 is 2.74 bits per heavy atom. The molecule has 142 valence electrons. The van der Waals surface area contributed by atoms with Crippen molar-refractivity contribution in [1.82, 2.24) is 4.90 Å². The number of carbonyl (C=O) groups excluding carboxylic acids is 2. The highest BCUT2D eigenvalue weighted by Crippen LogP contribution is 2.30. The quantitative estimate of drug-likeness (QED) is 0.703. The van der Waals surface area contributed by atoms with E-state index in [2.05, 4.69) is 15.9 Å². The Balaban J connectivity index is 1.57. The van der Waals surface area contributed by atoms with E-state index < -0.39 is 0 Å². The average molecular weight is 433 g/mol. The number of fused-ring (bicyclic) bond motifs is 1. The fourth-order valence-corrected chi connectivity index (χ4v) is 2.97. The van der Waals surface area contributed by atoms with Crippen LogP contribution in [0.3, 0.4) is 0 Å². The summed E-state index contributed by atoms with van der Waals surface area (Å²) in [7, 11) is 1.71. The maximum Gasteiger partial charge on any atom is 0.242 e. The van der Waals surface area contributed by atoms with Gasteiger partial charge in [0, 0.05) is 11.5 Å². The molecule has 0 spiro atoms. The monoisotopic (exact) mass is 432 g/mol. The molecule has 2 aromatic carbocycles. The lowest BCUT2D eigenvalue weighted by Gasteiger charge is -2.24. The Hall–Kier alpha value is -2.54. The standard InChI is InChI=1S/C20H21BrN2O4/c1-22(11-13-26-16-8-6-15(21)7-9-16)20(25)14-23-17-4-2-3-5-18(17)27-12-10-19(23)24/h2-9H,10-14H2,1H3. The summed E-state index contributed by atoms with van der Waals surface area (Å²) in [6.07, 6.45) is 0.248. The van der Waals surface area contributed by atoms with Crippen LogP contribution in [0.1, 0.15) is 6.42 Å². The van der Waals surface area contributed by atoms with Crippen molar-refractivity contribution < 1.29 is 19.1 Å². The van der Waals surface area contributed by atoms with Gasteiger partial charge in [0.25, 0.3) is 0 Å². The maximum atomic E-state index is 12.6. The molecule has 0 aromatic heterocycles. The van der Waals surface area contributed by atoms with Crippen molar-refractivity contribution in [2.75, 3.05) is 38.3 Å². The van der Waals surface area contributed by atoms with Crippen molar-refractivity contribution in [3.63, 3.8) is 0 Å². The average Bonchev–Trinajstić information content (AvgIpc) is 2.82. The molecular weight excluding hydrogens is 412 g/mol. The lowest BCUT2D eigenvalue weighted by atomic mass is 10.2. The molecule has 1 aliphatic heterocycles. The molecule has 0 aliphatic carbocycles. The maximum absolute atomic E-state index is 12.6. The second kappa shape index (κ2) is 8.90. The van der Waals surface area contributed by atoms with Crippen LogP contribution in [-0.2, 0) is 9.59 Å². The summed E-state index contributed by atoms with van der Waals surface area (Å²) in [5.74, 6) is 1.09. The zero-order valence-electron chi connectivity index (χ0n) is 15.1. The number of carbonyl (C=O) groups is 2. The summed E-state index contributed by atoms with van der Waals surface area (Å²) in [4.78, 5) is 28.1. The van der Waals surface area contributed by atoms with Crippen molar-refractivity contribution in [1.29, 1.82) is 0 Å². The van der Waals surface area contributed by atoms with Crippen LogP contribution in [0.5, 0.6) is 11.5 Å². The number of halogens is 1. The fourth-order valence-electron chi connectivity index (χ4n) is 2.71. The lowest BCUT2D eigenvalue weighted by Crippen LogP contribution is -2.42. The highest BCUT2D eigenvalue weighted by molar-refractivity contribution is 9.10. The van der Waals surface area contributed by atoms with E-state index in [9.17, 15) is 9.59 Å². The van der Waals surface area contributed by atoms with Gasteiger partial charge in [-0.25, -0.2) is 0 Å². The van der Waals surface area contributed by atoms with Gasteiger partial charge in [-0.05, 0) is 36.4 Å². The summed E-state index contributed by atoms with van der Waals surface area (Å²) < 4.78 is 12.2. The molecule has 1 aliphatic rings. The van der Waals surface area contributed by atoms with Gasteiger partial charge >= 0.3 is 0 Å². The minimum atomic E-state index is -0.153. The fraction of sp³-hybridized carbons (Fsp3) is 0.300. The normalized spacial score (nSPS) is 13.4. The number of amides is 2. The molecule has 27 heavy (non-hydrogen) atoms. The number of anilines is 1. The SMILES string of the molecule is CN(CCOc1ccc(Br)cc1)C(=O)CN1C(=O)CCOc2ccccc21. The smallest absolute Gasteiger partial charge is 0.242 e. The Kier molecular flexibility index (Phi) is 6.34. The third-order valence-electron chi connectivity index (χ3n) is 4.26. The van der Waals surface area contributed by atoms with E-state index in [0.717, 1.165) is 10.2 Å². The highest BCUT2D eigenvalue weighted by Gasteiger charge is 2.26. The Morgan fingerprint density at radius 1 is 1.22 bits per heavy atom. The summed E-state index contributed by atoms with van der Waals surface area (Å²) in [6.45, 7) is 1.10. The Labute approximate surface area is 166 Å². The first-order valence-electron chi connectivity index (χ1n) is 8.69. The second-order valence-corrected chi connectivity index (χ2v) is 7.08. The number of rotatable bonds is 6. The summed E-state index contributed by atoms with van der Waals surface area (Å²) in [5.41, 5.74) is 0.632. The van der Waals surface area contributed by atoms with Crippen LogP contribution in [0, 0.1) is 0 Å². The van der Waals surface area contributed by atoms with Gasteiger partial charge in [0.15, 0.2) is 0 Å². The molecule has 0 fully saturated rings. The summed E-state index contributed by atoms with van der Waals surface area (Å²) >= 11 is 3.38. The van der Waals surface area contributed by atoms with E-state index in [1.165, 1.54) is 4.90 Å². The first-order chi connectivity index (χ1) is 13.0. The van der Waals surface area contributed by atoms with Gasteiger partial charge in [0.1, 0.15) is 24.7 Å². The molecule has 0 N–H and O–H groups in total. The third-order valence-corrected chi connectivity index (χ3v) is 4.79. The molecule has 0 saturated carbocycles. The number of para-hydroxylation sites is 2. The van der Waals surface area contributed by atoms with Crippen LogP contribution in [0.25, 0.3) is 0 Å². The molecule has 0 bridgehead atoms. The largest absolute Gasteiger partial charge is 0.492 e. The van der Waals surface area contributed by atoms with Gasteiger partial charge < -0.3 is 14.4 Å². The van der Waals surface area contributed by atoms with Crippen LogP contribution in [0.4, 0.5) is 5.69 Å². The molecule has 2 aromatic rings. The third kappa shape index (κ3) is 5.01. The van der Waals surface area contributed by atoms with Crippen molar-refractivity contribution in [3.8, 4) is 11.5 Å². The molecule has 2 amide bonds. The molecule has 3 rings (SSSR count). The van der Waals surface area contributed by atoms with Crippen molar-refractivity contribution in [2.24, 2.45) is 0 Å². The Morgan fingerprint density at radius 2 is 1.96 bits per heavy atom. The zero-order chi connectivity index (χ0) is 19.2.